The van der Waals surface area contributed by atoms with Crippen LogP contribution < -0.4 is 0 Å². The predicted molar refractivity (Wildman–Crippen MR) is 95.5 cm³/mol. The minimum absolute atomic E-state index is 0.0953. The van der Waals surface area contributed by atoms with Crippen LogP contribution in [0.15, 0.2) is 42.5 Å². The van der Waals surface area contributed by atoms with Crippen molar-refractivity contribution in [2.45, 2.75) is 25.8 Å². The molecule has 0 aromatic heterocycles. The van der Waals surface area contributed by atoms with Gasteiger partial charge in [0.25, 0.3) is 0 Å². The quantitative estimate of drug-likeness (QED) is 0.707. The Balaban J connectivity index is 1.73. The van der Waals surface area contributed by atoms with Gasteiger partial charge in [0.1, 0.15) is 0 Å². The Morgan fingerprint density at radius 3 is 2.35 bits per heavy atom. The van der Waals surface area contributed by atoms with Gasteiger partial charge >= 0.3 is 0 Å². The molecule has 0 unspecified atom stereocenters. The van der Waals surface area contributed by atoms with Gasteiger partial charge in [-0.15, -0.1) is 0 Å². The molecule has 2 aromatic rings. The largest absolute Gasteiger partial charge is 0.299 e. The Morgan fingerprint density at radius 1 is 0.957 bits per heavy atom. The highest BCUT2D eigenvalue weighted by molar-refractivity contribution is 6.44. The number of halogens is 2. The molecule has 1 aliphatic rings. The van der Waals surface area contributed by atoms with Crippen molar-refractivity contribution in [1.29, 1.82) is 0 Å². The molecule has 0 N–H and O–H groups in total. The Labute approximate surface area is 147 Å². The van der Waals surface area contributed by atoms with E-state index in [-0.39, 0.29) is 5.78 Å². The fraction of sp³-hybridized carbons (Fsp3) is 0.316. The van der Waals surface area contributed by atoms with Crippen molar-refractivity contribution in [2.75, 3.05) is 13.1 Å². The molecule has 0 aliphatic carbocycles. The van der Waals surface area contributed by atoms with E-state index in [4.69, 9.17) is 23.2 Å². The fourth-order valence-electron chi connectivity index (χ4n) is 2.97. The zero-order valence-electron chi connectivity index (χ0n) is 12.9. The maximum atomic E-state index is 12.6. The van der Waals surface area contributed by atoms with E-state index < -0.39 is 0 Å². The molecule has 1 heterocycles. The van der Waals surface area contributed by atoms with Crippen molar-refractivity contribution in [3.63, 3.8) is 0 Å². The number of ketones is 1. The highest BCUT2D eigenvalue weighted by Crippen LogP contribution is 2.27. The van der Waals surface area contributed by atoms with Gasteiger partial charge in [0.2, 0.25) is 0 Å². The maximum absolute atomic E-state index is 12.6. The fourth-order valence-corrected chi connectivity index (χ4v) is 3.36. The number of nitrogens with zero attached hydrogens (tertiary/aromatic N) is 1. The lowest BCUT2D eigenvalue weighted by atomic mass is 10.0. The zero-order chi connectivity index (χ0) is 16.2. The molecule has 4 heteroatoms. The van der Waals surface area contributed by atoms with Gasteiger partial charge < -0.3 is 0 Å². The van der Waals surface area contributed by atoms with Crippen LogP contribution in [0.1, 0.15) is 40.7 Å². The number of likely N-dealkylation sites (tertiary alicyclic amines) is 1. The number of carbonyl (C=O) groups excluding carboxylic acids is 1. The third-order valence-electron chi connectivity index (χ3n) is 4.27. The first-order chi connectivity index (χ1) is 11.1. The summed E-state index contributed by atoms with van der Waals surface area (Å²) in [5.74, 6) is -0.0953. The standard InChI is InChI=1S/C19H19Cl2NO/c20-17-6-4-5-16(18(17)21)19(23)15-9-7-14(8-10-15)13-22-11-2-1-3-12-22/h4-10H,1-3,11-13H2. The topological polar surface area (TPSA) is 20.3 Å². The second-order valence-electron chi connectivity index (χ2n) is 5.96. The van der Waals surface area contributed by atoms with Crippen molar-refractivity contribution >= 4 is 29.0 Å². The Morgan fingerprint density at radius 2 is 1.65 bits per heavy atom. The molecule has 0 bridgehead atoms. The van der Waals surface area contributed by atoms with E-state index in [0.717, 1.165) is 6.54 Å². The molecule has 0 saturated carbocycles. The third kappa shape index (κ3) is 3.95. The van der Waals surface area contributed by atoms with E-state index >= 15 is 0 Å². The van der Waals surface area contributed by atoms with Crippen LogP contribution in [-0.4, -0.2) is 23.8 Å². The highest BCUT2D eigenvalue weighted by atomic mass is 35.5. The van der Waals surface area contributed by atoms with Crippen LogP contribution in [0, 0.1) is 0 Å². The molecular weight excluding hydrogens is 329 g/mol. The summed E-state index contributed by atoms with van der Waals surface area (Å²) in [6.07, 6.45) is 3.90. The summed E-state index contributed by atoms with van der Waals surface area (Å²) in [6.45, 7) is 3.28. The molecule has 0 radical (unpaired) electrons. The molecule has 0 atom stereocenters. The molecule has 3 rings (SSSR count). The monoisotopic (exact) mass is 347 g/mol. The molecule has 0 spiro atoms. The first kappa shape index (κ1) is 16.5. The SMILES string of the molecule is O=C(c1ccc(CN2CCCCC2)cc1)c1cccc(Cl)c1Cl. The van der Waals surface area contributed by atoms with Gasteiger partial charge in [-0.3, -0.25) is 9.69 Å². The molecule has 120 valence electrons. The Bertz CT molecular complexity index is 691. The van der Waals surface area contributed by atoms with Crippen LogP contribution in [0.4, 0.5) is 0 Å². The molecule has 1 aliphatic heterocycles. The molecule has 2 aromatic carbocycles. The average Bonchev–Trinajstić information content (AvgIpc) is 2.58. The van der Waals surface area contributed by atoms with Crippen molar-refractivity contribution in [3.05, 3.63) is 69.2 Å². The van der Waals surface area contributed by atoms with E-state index in [1.54, 1.807) is 18.2 Å². The van der Waals surface area contributed by atoms with Crippen LogP contribution in [0.25, 0.3) is 0 Å². The molecule has 0 amide bonds. The number of hydrogen-bond acceptors (Lipinski definition) is 2. The summed E-state index contributed by atoms with van der Waals surface area (Å²) in [6, 6.07) is 12.9. The Hall–Kier alpha value is -1.35. The minimum Gasteiger partial charge on any atom is -0.299 e. The van der Waals surface area contributed by atoms with Gasteiger partial charge in [0.15, 0.2) is 5.78 Å². The van der Waals surface area contributed by atoms with E-state index in [0.29, 0.717) is 21.2 Å². The first-order valence-corrected chi connectivity index (χ1v) is 8.71. The molecule has 2 nitrogen and oxygen atoms in total. The lowest BCUT2D eigenvalue weighted by Gasteiger charge is -2.26. The Kier molecular flexibility index (Phi) is 5.37. The zero-order valence-corrected chi connectivity index (χ0v) is 14.4. The summed E-state index contributed by atoms with van der Waals surface area (Å²) in [5.41, 5.74) is 2.32. The van der Waals surface area contributed by atoms with E-state index in [9.17, 15) is 4.79 Å². The lowest BCUT2D eigenvalue weighted by molar-refractivity contribution is 0.103. The number of piperidine rings is 1. The second kappa shape index (κ2) is 7.48. The molecule has 23 heavy (non-hydrogen) atoms. The van der Waals surface area contributed by atoms with Crippen LogP contribution in [0.2, 0.25) is 10.0 Å². The van der Waals surface area contributed by atoms with Gasteiger partial charge in [-0.25, -0.2) is 0 Å². The van der Waals surface area contributed by atoms with Crippen LogP contribution in [0.5, 0.6) is 0 Å². The van der Waals surface area contributed by atoms with Gasteiger partial charge in [-0.05, 0) is 43.6 Å². The summed E-state index contributed by atoms with van der Waals surface area (Å²) in [4.78, 5) is 15.0. The van der Waals surface area contributed by atoms with E-state index in [1.165, 1.54) is 37.9 Å². The number of hydrogen-bond donors (Lipinski definition) is 0. The van der Waals surface area contributed by atoms with E-state index in [1.807, 2.05) is 24.3 Å². The van der Waals surface area contributed by atoms with Crippen molar-refractivity contribution in [1.82, 2.24) is 4.90 Å². The molecule has 1 fully saturated rings. The smallest absolute Gasteiger partial charge is 0.194 e. The van der Waals surface area contributed by atoms with Gasteiger partial charge in [0.05, 0.1) is 10.0 Å². The normalized spacial score (nSPS) is 15.6. The molecule has 1 saturated heterocycles. The minimum atomic E-state index is -0.0953. The lowest BCUT2D eigenvalue weighted by Crippen LogP contribution is -2.29. The average molecular weight is 348 g/mol. The van der Waals surface area contributed by atoms with Crippen LogP contribution in [-0.2, 0) is 6.54 Å². The van der Waals surface area contributed by atoms with Gasteiger partial charge in [-0.2, -0.15) is 0 Å². The van der Waals surface area contributed by atoms with Crippen molar-refractivity contribution in [3.8, 4) is 0 Å². The van der Waals surface area contributed by atoms with E-state index in [2.05, 4.69) is 4.90 Å². The van der Waals surface area contributed by atoms with Crippen LogP contribution in [0.3, 0.4) is 0 Å². The first-order valence-electron chi connectivity index (χ1n) is 7.95. The van der Waals surface area contributed by atoms with Gasteiger partial charge in [0, 0.05) is 17.7 Å². The van der Waals surface area contributed by atoms with Crippen molar-refractivity contribution in [2.24, 2.45) is 0 Å². The van der Waals surface area contributed by atoms with Crippen LogP contribution >= 0.6 is 23.2 Å². The maximum Gasteiger partial charge on any atom is 0.194 e. The summed E-state index contributed by atoms with van der Waals surface area (Å²) < 4.78 is 0. The second-order valence-corrected chi connectivity index (χ2v) is 6.75. The number of benzene rings is 2. The molecular formula is C19H19Cl2NO. The third-order valence-corrected chi connectivity index (χ3v) is 5.09. The highest BCUT2D eigenvalue weighted by Gasteiger charge is 2.15. The summed E-state index contributed by atoms with van der Waals surface area (Å²) in [5, 5.41) is 0.718. The van der Waals surface area contributed by atoms with Gasteiger partial charge in [-0.1, -0.05) is 60.0 Å². The number of carbonyl (C=O) groups is 1. The van der Waals surface area contributed by atoms with Crippen molar-refractivity contribution < 1.29 is 4.79 Å². The predicted octanol–water partition coefficient (Wildman–Crippen LogP) is 5.21. The summed E-state index contributed by atoms with van der Waals surface area (Å²) in [7, 11) is 0. The summed E-state index contributed by atoms with van der Waals surface area (Å²) >= 11 is 12.1. The number of rotatable bonds is 4.